The van der Waals surface area contributed by atoms with Crippen LogP contribution >= 0.6 is 0 Å². The number of aliphatic hydroxyl groups excluding tert-OH is 1. The molecule has 0 amide bonds. The number of aliphatic hydroxyl groups is 1. The fourth-order valence-electron chi connectivity index (χ4n) is 1.28. The molecule has 1 aliphatic rings. The van der Waals surface area contributed by atoms with E-state index in [4.69, 9.17) is 4.74 Å². The largest absolute Gasteiger partial charge is 0.458 e. The molecule has 0 spiro atoms. The van der Waals surface area contributed by atoms with Gasteiger partial charge in [-0.1, -0.05) is 20.8 Å². The van der Waals surface area contributed by atoms with Crippen LogP contribution in [-0.2, 0) is 9.53 Å². The summed E-state index contributed by atoms with van der Waals surface area (Å²) in [5.41, 5.74) is 0.958. The zero-order chi connectivity index (χ0) is 10.2. The van der Waals surface area contributed by atoms with Crippen LogP contribution in [-0.4, -0.2) is 23.8 Å². The molecule has 3 heteroatoms. The molecular formula is C10H16O3. The lowest BCUT2D eigenvalue weighted by molar-refractivity contribution is -0.137. The molecule has 1 unspecified atom stereocenters. The summed E-state index contributed by atoms with van der Waals surface area (Å²) in [7, 11) is 0. The van der Waals surface area contributed by atoms with Gasteiger partial charge in [-0.15, -0.1) is 0 Å². The summed E-state index contributed by atoms with van der Waals surface area (Å²) in [4.78, 5) is 11.2. The molecule has 1 N–H and O–H groups in total. The second-order valence-corrected chi connectivity index (χ2v) is 4.54. The van der Waals surface area contributed by atoms with Crippen molar-refractivity contribution in [3.05, 3.63) is 11.1 Å². The standard InChI is InChI=1S/C10H16O3/c1-6-5-13-9(12)7(6)8(11)10(2,3)4/h8,11H,5H2,1-4H3. The third-order valence-corrected chi connectivity index (χ3v) is 2.19. The lowest BCUT2D eigenvalue weighted by Crippen LogP contribution is -2.30. The third-order valence-electron chi connectivity index (χ3n) is 2.19. The van der Waals surface area contributed by atoms with Gasteiger partial charge in [-0.3, -0.25) is 0 Å². The quantitative estimate of drug-likeness (QED) is 0.624. The Morgan fingerprint density at radius 1 is 1.46 bits per heavy atom. The van der Waals surface area contributed by atoms with E-state index in [1.165, 1.54) is 0 Å². The summed E-state index contributed by atoms with van der Waals surface area (Å²) in [5, 5.41) is 9.87. The molecule has 74 valence electrons. The first-order chi connectivity index (χ1) is 5.84. The molecule has 1 atom stereocenters. The van der Waals surface area contributed by atoms with E-state index in [0.717, 1.165) is 5.57 Å². The van der Waals surface area contributed by atoms with Crippen molar-refractivity contribution in [1.82, 2.24) is 0 Å². The summed E-state index contributed by atoms with van der Waals surface area (Å²) in [5.74, 6) is -0.375. The van der Waals surface area contributed by atoms with Crippen molar-refractivity contribution in [1.29, 1.82) is 0 Å². The molecule has 1 heterocycles. The highest BCUT2D eigenvalue weighted by Crippen LogP contribution is 2.30. The van der Waals surface area contributed by atoms with Gasteiger partial charge in [-0.25, -0.2) is 4.79 Å². The molecule has 0 aromatic rings. The van der Waals surface area contributed by atoms with E-state index in [1.807, 2.05) is 27.7 Å². The van der Waals surface area contributed by atoms with Crippen LogP contribution < -0.4 is 0 Å². The molecule has 0 radical (unpaired) electrons. The first-order valence-electron chi connectivity index (χ1n) is 4.39. The summed E-state index contributed by atoms with van der Waals surface area (Å²) in [6.45, 7) is 7.81. The van der Waals surface area contributed by atoms with Crippen LogP contribution in [0.3, 0.4) is 0 Å². The zero-order valence-corrected chi connectivity index (χ0v) is 8.55. The molecule has 0 fully saturated rings. The van der Waals surface area contributed by atoms with Crippen LogP contribution in [0.15, 0.2) is 11.1 Å². The molecule has 0 aromatic carbocycles. The topological polar surface area (TPSA) is 46.5 Å². The van der Waals surface area contributed by atoms with Crippen molar-refractivity contribution < 1.29 is 14.6 Å². The van der Waals surface area contributed by atoms with Gasteiger partial charge >= 0.3 is 5.97 Å². The molecule has 0 saturated carbocycles. The fourth-order valence-corrected chi connectivity index (χ4v) is 1.28. The van der Waals surface area contributed by atoms with Crippen molar-refractivity contribution in [3.63, 3.8) is 0 Å². The number of carbonyl (C=O) groups is 1. The van der Waals surface area contributed by atoms with E-state index in [1.54, 1.807) is 0 Å². The molecule has 0 aliphatic carbocycles. The van der Waals surface area contributed by atoms with E-state index in [9.17, 15) is 9.90 Å². The van der Waals surface area contributed by atoms with Gasteiger partial charge in [0.2, 0.25) is 0 Å². The fraction of sp³-hybridized carbons (Fsp3) is 0.700. The first kappa shape index (κ1) is 10.3. The lowest BCUT2D eigenvalue weighted by Gasteiger charge is -2.25. The number of cyclic esters (lactones) is 1. The number of ether oxygens (including phenoxy) is 1. The molecule has 1 aliphatic heterocycles. The van der Waals surface area contributed by atoms with Gasteiger partial charge in [0.25, 0.3) is 0 Å². The van der Waals surface area contributed by atoms with Crippen LogP contribution in [0.2, 0.25) is 0 Å². The molecule has 0 bridgehead atoms. The molecule has 0 saturated heterocycles. The van der Waals surface area contributed by atoms with Gasteiger partial charge in [0.05, 0.1) is 11.7 Å². The number of esters is 1. The maximum atomic E-state index is 11.2. The minimum absolute atomic E-state index is 0.319. The van der Waals surface area contributed by atoms with E-state index >= 15 is 0 Å². The molecule has 13 heavy (non-hydrogen) atoms. The highest BCUT2D eigenvalue weighted by atomic mass is 16.5. The van der Waals surface area contributed by atoms with E-state index in [-0.39, 0.29) is 11.4 Å². The SMILES string of the molecule is CC1=C(C(O)C(C)(C)C)C(=O)OC1. The number of rotatable bonds is 1. The smallest absolute Gasteiger partial charge is 0.337 e. The molecule has 1 rings (SSSR count). The monoisotopic (exact) mass is 184 g/mol. The predicted molar refractivity (Wildman–Crippen MR) is 49.1 cm³/mol. The maximum absolute atomic E-state index is 11.2. The normalized spacial score (nSPS) is 20.5. The van der Waals surface area contributed by atoms with Crippen LogP contribution in [0.25, 0.3) is 0 Å². The van der Waals surface area contributed by atoms with Gasteiger partial charge in [0, 0.05) is 0 Å². The summed E-state index contributed by atoms with van der Waals surface area (Å²) in [6, 6.07) is 0. The van der Waals surface area contributed by atoms with Crippen LogP contribution in [0.5, 0.6) is 0 Å². The van der Waals surface area contributed by atoms with Crippen LogP contribution in [0, 0.1) is 5.41 Å². The minimum Gasteiger partial charge on any atom is -0.458 e. The Balaban J connectivity index is 2.94. The van der Waals surface area contributed by atoms with E-state index in [0.29, 0.717) is 12.2 Å². The van der Waals surface area contributed by atoms with Gasteiger partial charge in [-0.05, 0) is 17.9 Å². The highest BCUT2D eigenvalue weighted by molar-refractivity contribution is 5.92. The van der Waals surface area contributed by atoms with Crippen molar-refractivity contribution >= 4 is 5.97 Å². The number of hydrogen-bond donors (Lipinski definition) is 1. The second kappa shape index (κ2) is 3.14. The van der Waals surface area contributed by atoms with Gasteiger partial charge in [0.15, 0.2) is 0 Å². The Morgan fingerprint density at radius 3 is 2.31 bits per heavy atom. The summed E-state index contributed by atoms with van der Waals surface area (Å²) in [6.07, 6.45) is -0.734. The molecular weight excluding hydrogens is 168 g/mol. The highest BCUT2D eigenvalue weighted by Gasteiger charge is 2.35. The number of carbonyl (C=O) groups excluding carboxylic acids is 1. The van der Waals surface area contributed by atoms with Crippen molar-refractivity contribution in [2.75, 3.05) is 6.61 Å². The van der Waals surface area contributed by atoms with Gasteiger partial charge < -0.3 is 9.84 Å². The van der Waals surface area contributed by atoms with Crippen LogP contribution in [0.4, 0.5) is 0 Å². The van der Waals surface area contributed by atoms with Gasteiger partial charge in [0.1, 0.15) is 6.61 Å². The summed E-state index contributed by atoms with van der Waals surface area (Å²) >= 11 is 0. The summed E-state index contributed by atoms with van der Waals surface area (Å²) < 4.78 is 4.82. The van der Waals surface area contributed by atoms with Crippen molar-refractivity contribution in [3.8, 4) is 0 Å². The maximum Gasteiger partial charge on any atom is 0.337 e. The third kappa shape index (κ3) is 1.91. The second-order valence-electron chi connectivity index (χ2n) is 4.54. The molecule has 3 nitrogen and oxygen atoms in total. The predicted octanol–water partition coefficient (Wildman–Crippen LogP) is 1.27. The minimum atomic E-state index is -0.734. The lowest BCUT2D eigenvalue weighted by atomic mass is 9.83. The van der Waals surface area contributed by atoms with Crippen molar-refractivity contribution in [2.24, 2.45) is 5.41 Å². The van der Waals surface area contributed by atoms with Gasteiger partial charge in [-0.2, -0.15) is 0 Å². The average molecular weight is 184 g/mol. The van der Waals surface area contributed by atoms with E-state index in [2.05, 4.69) is 0 Å². The Bertz CT molecular complexity index is 258. The Kier molecular flexibility index (Phi) is 2.48. The molecule has 0 aromatic heterocycles. The first-order valence-corrected chi connectivity index (χ1v) is 4.39. The Labute approximate surface area is 78.4 Å². The van der Waals surface area contributed by atoms with Crippen LogP contribution in [0.1, 0.15) is 27.7 Å². The van der Waals surface area contributed by atoms with E-state index < -0.39 is 6.10 Å². The Hall–Kier alpha value is -0.830. The Morgan fingerprint density at radius 2 is 2.00 bits per heavy atom. The number of hydrogen-bond acceptors (Lipinski definition) is 3. The average Bonchev–Trinajstić information content (AvgIpc) is 2.28. The van der Waals surface area contributed by atoms with Crippen molar-refractivity contribution in [2.45, 2.75) is 33.8 Å². The zero-order valence-electron chi connectivity index (χ0n) is 8.55.